The lowest BCUT2D eigenvalue weighted by molar-refractivity contribution is 0.0632. The Morgan fingerprint density at radius 1 is 1.44 bits per heavy atom. The summed E-state index contributed by atoms with van der Waals surface area (Å²) >= 11 is 9.20. The van der Waals surface area contributed by atoms with Gasteiger partial charge in [0.1, 0.15) is 12.4 Å². The molecule has 0 fully saturated rings. The van der Waals surface area contributed by atoms with Crippen LogP contribution in [-0.4, -0.2) is 9.55 Å². The highest BCUT2D eigenvalue weighted by Gasteiger charge is 2.12. The number of benzene rings is 1. The van der Waals surface area contributed by atoms with E-state index in [0.717, 1.165) is 9.04 Å². The molecule has 1 heterocycles. The summed E-state index contributed by atoms with van der Waals surface area (Å²) in [5.41, 5.74) is 0. The van der Waals surface area contributed by atoms with Gasteiger partial charge in [0.25, 0.3) is 0 Å². The molecule has 0 saturated heterocycles. The first-order valence-electron chi connectivity index (χ1n) is 4.95. The highest BCUT2D eigenvalue weighted by Crippen LogP contribution is 2.28. The second-order valence-corrected chi connectivity index (χ2v) is 4.71. The van der Waals surface area contributed by atoms with Crippen LogP contribution in [0.5, 0.6) is 5.75 Å². The average molecular weight is 338 g/mol. The van der Waals surface area contributed by atoms with Crippen molar-refractivity contribution in [2.75, 3.05) is 0 Å². The molecule has 0 radical (unpaired) electrons. The zero-order valence-corrected chi connectivity index (χ0v) is 11.3. The third-order valence-electron chi connectivity index (χ3n) is 2.21. The van der Waals surface area contributed by atoms with E-state index in [1.54, 1.807) is 18.2 Å². The zero-order chi connectivity index (χ0) is 13.1. The summed E-state index contributed by atoms with van der Waals surface area (Å²) in [6.45, 7) is -2.70. The van der Waals surface area contributed by atoms with E-state index < -0.39 is 6.55 Å². The molecule has 0 amide bonds. The summed E-state index contributed by atoms with van der Waals surface area (Å²) in [6.07, 6.45) is 2.50. The highest BCUT2D eigenvalue weighted by molar-refractivity contribution is 9.10. The van der Waals surface area contributed by atoms with Gasteiger partial charge in [-0.1, -0.05) is 27.5 Å². The normalized spacial score (nSPS) is 10.9. The van der Waals surface area contributed by atoms with Gasteiger partial charge in [-0.2, -0.15) is 8.78 Å². The monoisotopic (exact) mass is 336 g/mol. The number of alkyl halides is 2. The van der Waals surface area contributed by atoms with Crippen molar-refractivity contribution in [3.05, 3.63) is 45.9 Å². The van der Waals surface area contributed by atoms with E-state index in [0.29, 0.717) is 10.8 Å². The molecular weight excluding hydrogens is 329 g/mol. The van der Waals surface area contributed by atoms with E-state index in [-0.39, 0.29) is 12.4 Å². The predicted octanol–water partition coefficient (Wildman–Crippen LogP) is 4.27. The molecule has 0 aliphatic carbocycles. The summed E-state index contributed by atoms with van der Waals surface area (Å²) in [7, 11) is 0. The molecule has 0 aliphatic rings. The molecule has 18 heavy (non-hydrogen) atoms. The van der Waals surface area contributed by atoms with Gasteiger partial charge in [-0.3, -0.25) is 4.57 Å². The van der Waals surface area contributed by atoms with E-state index in [1.165, 1.54) is 12.4 Å². The molecule has 1 aromatic heterocycles. The summed E-state index contributed by atoms with van der Waals surface area (Å²) < 4.78 is 32.0. The molecule has 2 aromatic rings. The first-order chi connectivity index (χ1) is 8.58. The van der Waals surface area contributed by atoms with Crippen LogP contribution in [0.1, 0.15) is 12.4 Å². The van der Waals surface area contributed by atoms with Crippen LogP contribution < -0.4 is 4.74 Å². The lowest BCUT2D eigenvalue weighted by Gasteiger charge is -2.09. The van der Waals surface area contributed by atoms with Crippen LogP contribution in [-0.2, 0) is 6.61 Å². The lowest BCUT2D eigenvalue weighted by atomic mass is 10.3. The minimum atomic E-state index is -2.63. The highest BCUT2D eigenvalue weighted by atomic mass is 79.9. The molecule has 0 N–H and O–H groups in total. The number of ether oxygens (including phenoxy) is 1. The quantitative estimate of drug-likeness (QED) is 0.833. The number of hydrogen-bond acceptors (Lipinski definition) is 2. The first kappa shape index (κ1) is 13.3. The summed E-state index contributed by atoms with van der Waals surface area (Å²) in [5.74, 6) is 0.563. The van der Waals surface area contributed by atoms with Crippen LogP contribution in [0.15, 0.2) is 35.1 Å². The van der Waals surface area contributed by atoms with Gasteiger partial charge in [0, 0.05) is 16.9 Å². The van der Waals surface area contributed by atoms with Crippen molar-refractivity contribution in [1.82, 2.24) is 9.55 Å². The summed E-state index contributed by atoms with van der Waals surface area (Å²) in [6, 6.07) is 5.07. The predicted molar refractivity (Wildman–Crippen MR) is 67.0 cm³/mol. The second-order valence-electron chi connectivity index (χ2n) is 3.39. The Morgan fingerprint density at radius 3 is 2.89 bits per heavy atom. The molecule has 2 rings (SSSR count). The van der Waals surface area contributed by atoms with Crippen LogP contribution >= 0.6 is 27.5 Å². The molecule has 3 nitrogen and oxygen atoms in total. The number of imidazole rings is 1. The number of halogens is 4. The average Bonchev–Trinajstić information content (AvgIpc) is 2.76. The number of nitrogens with zero attached hydrogens (tertiary/aromatic N) is 2. The Balaban J connectivity index is 2.09. The van der Waals surface area contributed by atoms with Crippen molar-refractivity contribution in [3.8, 4) is 5.75 Å². The smallest absolute Gasteiger partial charge is 0.320 e. The van der Waals surface area contributed by atoms with E-state index in [4.69, 9.17) is 16.3 Å². The van der Waals surface area contributed by atoms with E-state index >= 15 is 0 Å². The lowest BCUT2D eigenvalue weighted by Crippen LogP contribution is -2.07. The van der Waals surface area contributed by atoms with Crippen molar-refractivity contribution < 1.29 is 13.5 Å². The standard InChI is InChI=1S/C11H8BrClF2N2O/c12-7-1-2-9(8(13)5-7)18-6-10-16-3-4-17(10)11(14)15/h1-5,11H,6H2. The van der Waals surface area contributed by atoms with Gasteiger partial charge in [0.15, 0.2) is 5.82 Å². The molecule has 7 heteroatoms. The van der Waals surface area contributed by atoms with E-state index in [9.17, 15) is 8.78 Å². The molecule has 0 spiro atoms. The molecule has 1 aromatic carbocycles. The largest absolute Gasteiger partial charge is 0.484 e. The van der Waals surface area contributed by atoms with E-state index in [1.807, 2.05) is 0 Å². The van der Waals surface area contributed by atoms with Crippen LogP contribution in [0.25, 0.3) is 0 Å². The Morgan fingerprint density at radius 2 is 2.22 bits per heavy atom. The van der Waals surface area contributed by atoms with Gasteiger partial charge in [-0.05, 0) is 18.2 Å². The van der Waals surface area contributed by atoms with Crippen LogP contribution in [0.3, 0.4) is 0 Å². The molecule has 0 bridgehead atoms. The van der Waals surface area contributed by atoms with Crippen LogP contribution in [0.4, 0.5) is 8.78 Å². The summed E-state index contributed by atoms with van der Waals surface area (Å²) in [5, 5.41) is 0.402. The fraction of sp³-hybridized carbons (Fsp3) is 0.182. The fourth-order valence-electron chi connectivity index (χ4n) is 1.37. The maximum absolute atomic E-state index is 12.6. The van der Waals surface area contributed by atoms with Crippen molar-refractivity contribution in [2.45, 2.75) is 13.2 Å². The Bertz CT molecular complexity index is 548. The van der Waals surface area contributed by atoms with Gasteiger partial charge in [0.05, 0.1) is 5.02 Å². The minimum absolute atomic E-state index is 0.0707. The number of rotatable bonds is 4. The maximum Gasteiger partial charge on any atom is 0.320 e. The van der Waals surface area contributed by atoms with Gasteiger partial charge in [-0.25, -0.2) is 4.98 Å². The summed E-state index contributed by atoms with van der Waals surface area (Å²) in [4.78, 5) is 3.81. The van der Waals surface area contributed by atoms with Crippen molar-refractivity contribution in [2.24, 2.45) is 0 Å². The SMILES string of the molecule is FC(F)n1ccnc1COc1ccc(Br)cc1Cl. The topological polar surface area (TPSA) is 27.1 Å². The Hall–Kier alpha value is -1.14. The van der Waals surface area contributed by atoms with Gasteiger partial charge in [-0.15, -0.1) is 0 Å². The fourth-order valence-corrected chi connectivity index (χ4v) is 2.10. The van der Waals surface area contributed by atoms with Crippen molar-refractivity contribution >= 4 is 27.5 Å². The third kappa shape index (κ3) is 3.00. The third-order valence-corrected chi connectivity index (χ3v) is 3.00. The van der Waals surface area contributed by atoms with Gasteiger partial charge >= 0.3 is 6.55 Å². The Labute approximate surface area is 115 Å². The minimum Gasteiger partial charge on any atom is -0.484 e. The molecule has 0 atom stereocenters. The zero-order valence-electron chi connectivity index (χ0n) is 8.99. The van der Waals surface area contributed by atoms with Crippen LogP contribution in [0.2, 0.25) is 5.02 Å². The molecule has 0 aliphatic heterocycles. The molecule has 96 valence electrons. The first-order valence-corrected chi connectivity index (χ1v) is 6.12. The number of aromatic nitrogens is 2. The van der Waals surface area contributed by atoms with Crippen molar-refractivity contribution in [1.29, 1.82) is 0 Å². The molecular formula is C11H8BrClF2N2O. The Kier molecular flexibility index (Phi) is 4.19. The molecule has 0 saturated carbocycles. The van der Waals surface area contributed by atoms with Gasteiger partial charge in [0.2, 0.25) is 0 Å². The van der Waals surface area contributed by atoms with Crippen LogP contribution in [0, 0.1) is 0 Å². The van der Waals surface area contributed by atoms with Crippen molar-refractivity contribution in [3.63, 3.8) is 0 Å². The second kappa shape index (κ2) is 5.67. The molecule has 0 unspecified atom stereocenters. The van der Waals surface area contributed by atoms with E-state index in [2.05, 4.69) is 20.9 Å². The van der Waals surface area contributed by atoms with Gasteiger partial charge < -0.3 is 4.74 Å². The number of hydrogen-bond donors (Lipinski definition) is 0. The maximum atomic E-state index is 12.6.